The monoisotopic (exact) mass is 283 g/mol. The second kappa shape index (κ2) is 5.68. The molecule has 0 aliphatic carbocycles. The van der Waals surface area contributed by atoms with Gasteiger partial charge in [-0.15, -0.1) is 0 Å². The van der Waals surface area contributed by atoms with Crippen molar-refractivity contribution in [1.82, 2.24) is 4.72 Å². The maximum absolute atomic E-state index is 12.4. The zero-order valence-corrected chi connectivity index (χ0v) is 10.3. The Morgan fingerprint density at radius 3 is 2.56 bits per heavy atom. The van der Waals surface area contributed by atoms with Crippen molar-refractivity contribution in [2.24, 2.45) is 0 Å². The zero-order chi connectivity index (χ0) is 13.8. The number of halogens is 3. The molecule has 1 aromatic rings. The minimum absolute atomic E-state index is 0.283. The van der Waals surface area contributed by atoms with Gasteiger partial charge in [-0.25, -0.2) is 8.42 Å². The normalized spacial score (nSPS) is 12.7. The van der Waals surface area contributed by atoms with Gasteiger partial charge in [0, 0.05) is 6.61 Å². The molecule has 0 saturated heterocycles. The lowest BCUT2D eigenvalue weighted by atomic mass is 10.2. The van der Waals surface area contributed by atoms with Crippen LogP contribution < -0.4 is 4.72 Å². The molecule has 0 fully saturated rings. The molecule has 0 saturated carbocycles. The van der Waals surface area contributed by atoms with Gasteiger partial charge in [0.05, 0.1) is 10.5 Å². The second-order valence-corrected chi connectivity index (χ2v) is 5.08. The van der Waals surface area contributed by atoms with Crippen molar-refractivity contribution in [2.45, 2.75) is 18.0 Å². The topological polar surface area (TPSA) is 55.4 Å². The van der Waals surface area contributed by atoms with E-state index in [0.717, 1.165) is 18.2 Å². The first kappa shape index (κ1) is 14.9. The Morgan fingerprint density at radius 2 is 2.00 bits per heavy atom. The van der Waals surface area contributed by atoms with E-state index in [4.69, 9.17) is 4.74 Å². The summed E-state index contributed by atoms with van der Waals surface area (Å²) in [6.07, 6.45) is -4.58. The number of alkyl halides is 3. The first-order valence-corrected chi connectivity index (χ1v) is 6.50. The lowest BCUT2D eigenvalue weighted by molar-refractivity contribution is -0.137. The number of sulfonamides is 1. The van der Waals surface area contributed by atoms with E-state index in [2.05, 4.69) is 0 Å². The summed E-state index contributed by atoms with van der Waals surface area (Å²) in [5.41, 5.74) is -1.01. The minimum atomic E-state index is -4.58. The highest BCUT2D eigenvalue weighted by Gasteiger charge is 2.31. The predicted molar refractivity (Wildman–Crippen MR) is 58.3 cm³/mol. The van der Waals surface area contributed by atoms with Gasteiger partial charge in [-0.3, -0.25) is 0 Å². The zero-order valence-electron chi connectivity index (χ0n) is 9.49. The molecular weight excluding hydrogens is 271 g/mol. The number of nitrogens with one attached hydrogen (secondary N) is 1. The fourth-order valence-electron chi connectivity index (χ4n) is 1.14. The van der Waals surface area contributed by atoms with Crippen LogP contribution in [0.1, 0.15) is 12.5 Å². The summed E-state index contributed by atoms with van der Waals surface area (Å²) in [4.78, 5) is -0.447. The second-order valence-electron chi connectivity index (χ2n) is 3.31. The summed E-state index contributed by atoms with van der Waals surface area (Å²) < 4.78 is 67.3. The third-order valence-corrected chi connectivity index (χ3v) is 3.40. The van der Waals surface area contributed by atoms with Crippen molar-refractivity contribution in [3.8, 4) is 0 Å². The Balaban J connectivity index is 2.96. The summed E-state index contributed by atoms with van der Waals surface area (Å²) in [5.74, 6) is 0. The van der Waals surface area contributed by atoms with Gasteiger partial charge in [0.15, 0.2) is 0 Å². The van der Waals surface area contributed by atoms with Crippen molar-refractivity contribution < 1.29 is 26.3 Å². The van der Waals surface area contributed by atoms with E-state index in [0.29, 0.717) is 12.7 Å². The lowest BCUT2D eigenvalue weighted by Gasteiger charge is -2.10. The Bertz CT molecular complexity index is 499. The summed E-state index contributed by atoms with van der Waals surface area (Å²) in [6.45, 7) is 1.68. The van der Waals surface area contributed by atoms with E-state index < -0.39 is 26.7 Å². The highest BCUT2D eigenvalue weighted by atomic mass is 32.2. The van der Waals surface area contributed by atoms with Gasteiger partial charge < -0.3 is 4.74 Å². The highest BCUT2D eigenvalue weighted by molar-refractivity contribution is 7.89. The van der Waals surface area contributed by atoms with Crippen LogP contribution in [0.4, 0.5) is 13.2 Å². The summed E-state index contributed by atoms with van der Waals surface area (Å²) in [5, 5.41) is 0. The first-order valence-electron chi connectivity index (χ1n) is 5.02. The lowest BCUT2D eigenvalue weighted by Crippen LogP contribution is -2.26. The largest absolute Gasteiger partial charge is 0.416 e. The molecule has 0 radical (unpaired) electrons. The molecule has 1 N–H and O–H groups in total. The molecule has 0 bridgehead atoms. The van der Waals surface area contributed by atoms with Crippen LogP contribution >= 0.6 is 0 Å². The van der Waals surface area contributed by atoms with E-state index in [1.165, 1.54) is 0 Å². The number of benzene rings is 1. The van der Waals surface area contributed by atoms with Crippen molar-refractivity contribution in [3.05, 3.63) is 29.8 Å². The molecule has 4 nitrogen and oxygen atoms in total. The highest BCUT2D eigenvalue weighted by Crippen LogP contribution is 2.30. The average Bonchev–Trinajstić information content (AvgIpc) is 2.28. The third-order valence-electron chi connectivity index (χ3n) is 2.03. The van der Waals surface area contributed by atoms with E-state index in [1.807, 2.05) is 4.72 Å². The van der Waals surface area contributed by atoms with Gasteiger partial charge in [-0.1, -0.05) is 6.07 Å². The minimum Gasteiger partial charge on any atom is -0.366 e. The molecule has 1 rings (SSSR count). The molecule has 18 heavy (non-hydrogen) atoms. The fraction of sp³-hybridized carbons (Fsp3) is 0.400. The smallest absolute Gasteiger partial charge is 0.366 e. The Kier molecular flexibility index (Phi) is 4.71. The summed E-state index contributed by atoms with van der Waals surface area (Å²) >= 11 is 0. The van der Waals surface area contributed by atoms with E-state index >= 15 is 0 Å². The molecule has 8 heteroatoms. The molecular formula is C10H12F3NO3S. The van der Waals surface area contributed by atoms with Crippen LogP contribution in [-0.2, 0) is 20.9 Å². The van der Waals surface area contributed by atoms with Crippen molar-refractivity contribution in [3.63, 3.8) is 0 Å². The quantitative estimate of drug-likeness (QED) is 0.664. The van der Waals surface area contributed by atoms with Gasteiger partial charge in [-0.2, -0.15) is 17.9 Å². The summed E-state index contributed by atoms with van der Waals surface area (Å²) in [6, 6.07) is 3.51. The number of ether oxygens (including phenoxy) is 1. The Morgan fingerprint density at radius 1 is 1.33 bits per heavy atom. The average molecular weight is 283 g/mol. The number of hydrogen-bond acceptors (Lipinski definition) is 3. The molecule has 0 amide bonds. The molecule has 1 aromatic carbocycles. The molecule has 0 aromatic heterocycles. The molecule has 0 heterocycles. The molecule has 0 aliphatic rings. The number of rotatable bonds is 5. The van der Waals surface area contributed by atoms with Gasteiger partial charge in [0.25, 0.3) is 0 Å². The van der Waals surface area contributed by atoms with Gasteiger partial charge in [0.2, 0.25) is 10.0 Å². The first-order chi connectivity index (χ1) is 8.27. The van der Waals surface area contributed by atoms with Gasteiger partial charge in [-0.05, 0) is 25.1 Å². The van der Waals surface area contributed by atoms with E-state index in [-0.39, 0.29) is 6.73 Å². The fourth-order valence-corrected chi connectivity index (χ4v) is 2.09. The van der Waals surface area contributed by atoms with Crippen molar-refractivity contribution in [1.29, 1.82) is 0 Å². The van der Waals surface area contributed by atoms with Crippen LogP contribution in [0.3, 0.4) is 0 Å². The molecule has 0 aliphatic heterocycles. The van der Waals surface area contributed by atoms with E-state index in [9.17, 15) is 21.6 Å². The third kappa shape index (κ3) is 3.97. The van der Waals surface area contributed by atoms with Crippen molar-refractivity contribution in [2.75, 3.05) is 13.3 Å². The standard InChI is InChI=1S/C10H12F3NO3S/c1-2-17-7-14-18(15,16)9-5-3-4-8(6-9)10(11,12)13/h3-6,14H,2,7H2,1H3. The van der Waals surface area contributed by atoms with Gasteiger partial charge >= 0.3 is 6.18 Å². The molecule has 0 unspecified atom stereocenters. The van der Waals surface area contributed by atoms with Crippen molar-refractivity contribution >= 4 is 10.0 Å². The Labute approximate surface area is 103 Å². The van der Waals surface area contributed by atoms with Crippen LogP contribution in [0.25, 0.3) is 0 Å². The molecule has 0 spiro atoms. The maximum atomic E-state index is 12.4. The van der Waals surface area contributed by atoms with Crippen LogP contribution in [0.15, 0.2) is 29.2 Å². The molecule has 102 valence electrons. The summed E-state index contributed by atoms with van der Waals surface area (Å²) in [7, 11) is -3.99. The maximum Gasteiger partial charge on any atom is 0.416 e. The Hall–Kier alpha value is -1.12. The van der Waals surface area contributed by atoms with Crippen LogP contribution in [0.2, 0.25) is 0 Å². The van der Waals surface area contributed by atoms with Gasteiger partial charge in [0.1, 0.15) is 6.73 Å². The predicted octanol–water partition coefficient (Wildman–Crippen LogP) is 1.98. The SMILES string of the molecule is CCOCNS(=O)(=O)c1cccc(C(F)(F)F)c1. The van der Waals surface area contributed by atoms with Crippen LogP contribution in [-0.4, -0.2) is 21.8 Å². The van der Waals surface area contributed by atoms with Crippen LogP contribution in [0.5, 0.6) is 0 Å². The number of hydrogen-bond donors (Lipinski definition) is 1. The van der Waals surface area contributed by atoms with E-state index in [1.54, 1.807) is 6.92 Å². The van der Waals surface area contributed by atoms with Crippen LogP contribution in [0, 0.1) is 0 Å². The molecule has 0 atom stereocenters.